The molecule has 3 heterocycles. The van der Waals surface area contributed by atoms with E-state index in [-0.39, 0.29) is 5.69 Å². The zero-order chi connectivity index (χ0) is 25.3. The van der Waals surface area contributed by atoms with Crippen LogP contribution in [-0.2, 0) is 17.8 Å². The second-order valence-corrected chi connectivity index (χ2v) is 6.66. The average Bonchev–Trinajstić information content (AvgIpc) is 3.32. The summed E-state index contributed by atoms with van der Waals surface area (Å²) in [6, 6.07) is -4.34. The van der Waals surface area contributed by atoms with Crippen LogP contribution in [0.5, 0.6) is 0 Å². The molecule has 4 atom stereocenters. The molecule has 4 rings (SSSR count). The molecule has 12 heteroatoms. The minimum absolute atomic E-state index is 0.202. The average molecular weight is 436 g/mol. The number of alkyl halides is 3. The Balaban J connectivity index is 1.93. The number of hydrogen-bond acceptors (Lipinski definition) is 4. The molecule has 1 saturated heterocycles. The zero-order valence-electron chi connectivity index (χ0n) is 18.9. The van der Waals surface area contributed by atoms with Gasteiger partial charge in [-0.3, -0.25) is 10.00 Å². The third-order valence-corrected chi connectivity index (χ3v) is 4.68. The van der Waals surface area contributed by atoms with E-state index in [0.717, 1.165) is 0 Å². The predicted molar refractivity (Wildman–Crippen MR) is 91.2 cm³/mol. The summed E-state index contributed by atoms with van der Waals surface area (Å²) < 4.78 is 111. The van der Waals surface area contributed by atoms with Gasteiger partial charge in [0.1, 0.15) is 17.7 Å². The van der Waals surface area contributed by atoms with Crippen LogP contribution in [0.1, 0.15) is 34.8 Å². The van der Waals surface area contributed by atoms with Gasteiger partial charge >= 0.3 is 12.3 Å². The second kappa shape index (κ2) is 7.51. The van der Waals surface area contributed by atoms with Crippen molar-refractivity contribution in [2.24, 2.45) is 0 Å². The summed E-state index contributed by atoms with van der Waals surface area (Å²) in [6.45, 7) is -0.922. The van der Waals surface area contributed by atoms with E-state index in [1.165, 1.54) is 6.20 Å². The standard InChI is InChI=1S/C18H17F5N4O3/c19-9-1-2-11(20)10(3-9)15-12(25-17(28)29)4-14(16(30-15)18(21,22)23)27-6-8-5-24-26-13(8)7-27/h1-3,5,12,14-16,25H,4,6-7H2,(H,24,26)(H,28,29)/t12-,14?,15+,16?/m0/s1/i4D2,14D,16D. The van der Waals surface area contributed by atoms with E-state index in [1.807, 2.05) is 0 Å². The van der Waals surface area contributed by atoms with Crippen molar-refractivity contribution >= 4 is 6.09 Å². The van der Waals surface area contributed by atoms with Crippen LogP contribution in [0.3, 0.4) is 0 Å². The fraction of sp³-hybridized carbons (Fsp3) is 0.444. The number of benzene rings is 1. The molecule has 7 nitrogen and oxygen atoms in total. The van der Waals surface area contributed by atoms with E-state index < -0.39 is 73.2 Å². The highest BCUT2D eigenvalue weighted by molar-refractivity contribution is 5.65. The monoisotopic (exact) mass is 436 g/mol. The quantitative estimate of drug-likeness (QED) is 0.644. The lowest BCUT2D eigenvalue weighted by atomic mass is 9.88. The van der Waals surface area contributed by atoms with Crippen LogP contribution in [-0.4, -0.2) is 50.6 Å². The first kappa shape index (κ1) is 16.0. The summed E-state index contributed by atoms with van der Waals surface area (Å²) in [5.74, 6) is -2.44. The smallest absolute Gasteiger partial charge is 0.416 e. The maximum absolute atomic E-state index is 14.5. The first-order valence-corrected chi connectivity index (χ1v) is 8.59. The molecule has 2 unspecified atom stereocenters. The second-order valence-electron chi connectivity index (χ2n) is 6.66. The maximum atomic E-state index is 14.5. The van der Waals surface area contributed by atoms with E-state index in [1.54, 1.807) is 5.32 Å². The van der Waals surface area contributed by atoms with E-state index in [0.29, 0.717) is 28.7 Å². The summed E-state index contributed by atoms with van der Waals surface area (Å²) in [6.07, 6.45) is -16.6. The molecular weight excluding hydrogens is 415 g/mol. The maximum Gasteiger partial charge on any atom is 0.416 e. The largest absolute Gasteiger partial charge is 0.465 e. The van der Waals surface area contributed by atoms with Crippen molar-refractivity contribution in [2.45, 2.75) is 49.9 Å². The molecule has 0 bridgehead atoms. The Hall–Kier alpha value is -2.73. The van der Waals surface area contributed by atoms with Crippen LogP contribution in [0.15, 0.2) is 24.4 Å². The molecule has 1 aromatic carbocycles. The van der Waals surface area contributed by atoms with Gasteiger partial charge in [-0.2, -0.15) is 18.3 Å². The number of halogens is 5. The normalized spacial score (nSPS) is 35.6. The van der Waals surface area contributed by atoms with E-state index >= 15 is 0 Å². The number of aromatic amines is 1. The number of rotatable bonds is 3. The van der Waals surface area contributed by atoms with Gasteiger partial charge in [0.2, 0.25) is 0 Å². The number of nitrogens with zero attached hydrogens (tertiary/aromatic N) is 2. The van der Waals surface area contributed by atoms with E-state index in [2.05, 4.69) is 10.2 Å². The van der Waals surface area contributed by atoms with Crippen molar-refractivity contribution < 1.29 is 42.1 Å². The lowest BCUT2D eigenvalue weighted by Crippen LogP contribution is -2.59. The number of ether oxygens (including phenoxy) is 1. The van der Waals surface area contributed by atoms with Crippen LogP contribution in [0.4, 0.5) is 26.7 Å². The van der Waals surface area contributed by atoms with Crippen molar-refractivity contribution in [1.82, 2.24) is 20.4 Å². The van der Waals surface area contributed by atoms with Gasteiger partial charge in [-0.05, 0) is 24.6 Å². The Labute approximate surface area is 172 Å². The molecule has 2 aliphatic rings. The molecule has 1 fully saturated rings. The van der Waals surface area contributed by atoms with Gasteiger partial charge in [0, 0.05) is 40.5 Å². The van der Waals surface area contributed by atoms with Crippen molar-refractivity contribution in [3.05, 3.63) is 52.9 Å². The highest BCUT2D eigenvalue weighted by atomic mass is 19.4. The van der Waals surface area contributed by atoms with E-state index in [9.17, 15) is 31.9 Å². The van der Waals surface area contributed by atoms with Crippen LogP contribution >= 0.6 is 0 Å². The summed E-state index contributed by atoms with van der Waals surface area (Å²) in [5.41, 5.74) is -0.402. The molecule has 2 aliphatic heterocycles. The van der Waals surface area contributed by atoms with Gasteiger partial charge in [-0.15, -0.1) is 0 Å². The number of H-pyrrole nitrogens is 1. The SMILES string of the molecule is [2H]C1([2H])[C@H](NC(=O)O)[C@@H](c2cc(F)ccc2F)OC([2H])(C(F)(F)F)C1([2H])N1Cc2c[nH]nc2C1. The topological polar surface area (TPSA) is 90.5 Å². The molecule has 2 aromatic rings. The Morgan fingerprint density at radius 2 is 2.17 bits per heavy atom. The minimum Gasteiger partial charge on any atom is -0.465 e. The lowest BCUT2D eigenvalue weighted by molar-refractivity contribution is -0.270. The molecule has 30 heavy (non-hydrogen) atoms. The Morgan fingerprint density at radius 1 is 1.40 bits per heavy atom. The lowest BCUT2D eigenvalue weighted by Gasteiger charge is -2.45. The highest BCUT2D eigenvalue weighted by Gasteiger charge is 2.55. The predicted octanol–water partition coefficient (Wildman–Crippen LogP) is 3.10. The molecule has 1 aromatic heterocycles. The van der Waals surface area contributed by atoms with Crippen LogP contribution in [0.25, 0.3) is 0 Å². The minimum atomic E-state index is -5.72. The number of fused-ring (bicyclic) bond motifs is 1. The molecule has 0 spiro atoms. The third-order valence-electron chi connectivity index (χ3n) is 4.68. The Morgan fingerprint density at radius 3 is 2.83 bits per heavy atom. The summed E-state index contributed by atoms with van der Waals surface area (Å²) in [4.78, 5) is 12.1. The molecule has 0 aliphatic carbocycles. The number of hydrogen-bond donors (Lipinski definition) is 3. The van der Waals surface area contributed by atoms with Gasteiger partial charge < -0.3 is 15.2 Å². The van der Waals surface area contributed by atoms with Gasteiger partial charge in [0.15, 0.2) is 6.08 Å². The van der Waals surface area contributed by atoms with Gasteiger partial charge in [-0.1, -0.05) is 0 Å². The Bertz CT molecular complexity index is 1110. The first-order valence-electron chi connectivity index (χ1n) is 10.6. The Kier molecular flexibility index (Phi) is 4.01. The molecule has 0 radical (unpaired) electrons. The summed E-state index contributed by atoms with van der Waals surface area (Å²) >= 11 is 0. The van der Waals surface area contributed by atoms with Crippen molar-refractivity contribution in [2.75, 3.05) is 0 Å². The first-order chi connectivity index (χ1) is 15.6. The molecule has 1 amide bonds. The number of amides is 1. The molecule has 162 valence electrons. The van der Waals surface area contributed by atoms with Crippen molar-refractivity contribution in [3.63, 3.8) is 0 Å². The third kappa shape index (κ3) is 3.84. The van der Waals surface area contributed by atoms with Crippen molar-refractivity contribution in [3.8, 4) is 0 Å². The van der Waals surface area contributed by atoms with Gasteiger partial charge in [0.25, 0.3) is 0 Å². The molecular formula is C18H17F5N4O3. The van der Waals surface area contributed by atoms with Gasteiger partial charge in [-0.25, -0.2) is 13.6 Å². The van der Waals surface area contributed by atoms with Gasteiger partial charge in [0.05, 0.1) is 13.1 Å². The fourth-order valence-electron chi connectivity index (χ4n) is 3.41. The number of aromatic nitrogens is 2. The van der Waals surface area contributed by atoms with Crippen LogP contribution in [0.2, 0.25) is 0 Å². The number of carbonyl (C=O) groups is 1. The van der Waals surface area contributed by atoms with Crippen LogP contribution < -0.4 is 5.32 Å². The van der Waals surface area contributed by atoms with E-state index in [4.69, 9.17) is 10.2 Å². The zero-order valence-corrected chi connectivity index (χ0v) is 14.9. The number of nitrogens with one attached hydrogen (secondary N) is 2. The summed E-state index contributed by atoms with van der Waals surface area (Å²) in [7, 11) is 0. The summed E-state index contributed by atoms with van der Waals surface area (Å²) in [5, 5.41) is 17.2. The highest BCUT2D eigenvalue weighted by Crippen LogP contribution is 2.43. The number of carboxylic acid groups (broad SMARTS) is 1. The van der Waals surface area contributed by atoms with Crippen molar-refractivity contribution in [1.29, 1.82) is 0 Å². The fourth-order valence-corrected chi connectivity index (χ4v) is 3.41. The molecule has 3 N–H and O–H groups in total. The van der Waals surface area contributed by atoms with Crippen LogP contribution in [0, 0.1) is 11.6 Å². The molecule has 0 saturated carbocycles.